The van der Waals surface area contributed by atoms with Gasteiger partial charge in [0.05, 0.1) is 11.1 Å². The molecule has 1 heterocycles. The number of alkyl halides is 3. The minimum Gasteiger partial charge on any atom is -0.362 e. The molecule has 1 aliphatic carbocycles. The van der Waals surface area contributed by atoms with E-state index in [1.807, 2.05) is 43.3 Å². The van der Waals surface area contributed by atoms with Gasteiger partial charge in [-0.15, -0.1) is 0 Å². The number of hydrogen-bond donors (Lipinski definition) is 2. The molecule has 1 aliphatic rings. The van der Waals surface area contributed by atoms with Crippen molar-refractivity contribution in [3.05, 3.63) is 59.4 Å². The molecule has 35 heavy (non-hydrogen) atoms. The van der Waals surface area contributed by atoms with Gasteiger partial charge in [0.25, 0.3) is 0 Å². The van der Waals surface area contributed by atoms with Crippen molar-refractivity contribution in [2.75, 3.05) is 24.3 Å². The number of hydrogen-bond acceptors (Lipinski definition) is 5. The van der Waals surface area contributed by atoms with Crippen molar-refractivity contribution in [1.82, 2.24) is 15.3 Å². The third-order valence-corrected chi connectivity index (χ3v) is 6.19. The number of carbonyl (C=O) groups is 1. The molecule has 1 amide bonds. The van der Waals surface area contributed by atoms with E-state index in [1.54, 1.807) is 0 Å². The third-order valence-electron chi connectivity index (χ3n) is 6.19. The second kappa shape index (κ2) is 10.1. The standard InChI is InChI=1S/C25H27F4N5O/c1-34(2)22-20-5-3-4-6-21(20)32-24(33-22)31-19-9-7-16(8-10-19)23(35)30-14-15-11-17(25(27,28)29)13-18(26)12-15/h3-6,11-13,16,19H,7-10,14H2,1-2H3,(H,30,35)(H,31,32,33)/t16-,19+. The van der Waals surface area contributed by atoms with Crippen LogP contribution in [0.15, 0.2) is 42.5 Å². The van der Waals surface area contributed by atoms with Crippen LogP contribution in [0.25, 0.3) is 10.9 Å². The van der Waals surface area contributed by atoms with Gasteiger partial charge in [0, 0.05) is 38.0 Å². The van der Waals surface area contributed by atoms with E-state index in [2.05, 4.69) is 20.6 Å². The fourth-order valence-corrected chi connectivity index (χ4v) is 4.40. The van der Waals surface area contributed by atoms with Crippen LogP contribution in [-0.2, 0) is 17.5 Å². The van der Waals surface area contributed by atoms with E-state index in [4.69, 9.17) is 0 Å². The number of aromatic nitrogens is 2. The summed E-state index contributed by atoms with van der Waals surface area (Å²) in [6.07, 6.45) is -1.95. The minimum atomic E-state index is -4.64. The largest absolute Gasteiger partial charge is 0.416 e. The molecule has 0 bridgehead atoms. The summed E-state index contributed by atoms with van der Waals surface area (Å²) in [5, 5.41) is 7.00. The Balaban J connectivity index is 1.33. The van der Waals surface area contributed by atoms with E-state index in [1.165, 1.54) is 0 Å². The highest BCUT2D eigenvalue weighted by Gasteiger charge is 2.31. The Morgan fingerprint density at radius 2 is 1.77 bits per heavy atom. The number of anilines is 2. The molecule has 0 aliphatic heterocycles. The molecular weight excluding hydrogens is 462 g/mol. The fourth-order valence-electron chi connectivity index (χ4n) is 4.40. The molecule has 0 saturated heterocycles. The van der Waals surface area contributed by atoms with Gasteiger partial charge in [0.15, 0.2) is 0 Å². The van der Waals surface area contributed by atoms with Crippen LogP contribution in [0.1, 0.15) is 36.8 Å². The highest BCUT2D eigenvalue weighted by molar-refractivity contribution is 5.90. The molecule has 0 radical (unpaired) electrons. The quantitative estimate of drug-likeness (QED) is 0.469. The fraction of sp³-hybridized carbons (Fsp3) is 0.400. The summed E-state index contributed by atoms with van der Waals surface area (Å²) in [4.78, 5) is 23.8. The van der Waals surface area contributed by atoms with Crippen molar-refractivity contribution < 1.29 is 22.4 Å². The molecule has 10 heteroatoms. The molecule has 2 N–H and O–H groups in total. The van der Waals surface area contributed by atoms with E-state index in [0.717, 1.165) is 41.7 Å². The average Bonchev–Trinajstić information content (AvgIpc) is 2.81. The van der Waals surface area contributed by atoms with E-state index >= 15 is 0 Å². The number of carbonyl (C=O) groups excluding carboxylic acids is 1. The third kappa shape index (κ3) is 5.98. The normalized spacial score (nSPS) is 18.3. The number of amides is 1. The Hall–Kier alpha value is -3.43. The maximum atomic E-state index is 13.6. The lowest BCUT2D eigenvalue weighted by molar-refractivity contribution is -0.137. The number of benzene rings is 2. The zero-order valence-electron chi connectivity index (χ0n) is 19.5. The van der Waals surface area contributed by atoms with E-state index in [9.17, 15) is 22.4 Å². The summed E-state index contributed by atoms with van der Waals surface area (Å²) < 4.78 is 52.3. The summed E-state index contributed by atoms with van der Waals surface area (Å²) in [5.74, 6) is -0.121. The summed E-state index contributed by atoms with van der Waals surface area (Å²) in [6, 6.07) is 10.2. The highest BCUT2D eigenvalue weighted by atomic mass is 19.4. The van der Waals surface area contributed by atoms with Gasteiger partial charge in [-0.2, -0.15) is 18.2 Å². The topological polar surface area (TPSA) is 70.2 Å². The van der Waals surface area contributed by atoms with Crippen LogP contribution in [0.5, 0.6) is 0 Å². The summed E-state index contributed by atoms with van der Waals surface area (Å²) in [6.45, 7) is -0.157. The van der Waals surface area contributed by atoms with Gasteiger partial charge in [0.2, 0.25) is 11.9 Å². The van der Waals surface area contributed by atoms with E-state index in [-0.39, 0.29) is 30.0 Å². The Bertz CT molecular complexity index is 1210. The van der Waals surface area contributed by atoms with E-state index < -0.39 is 17.6 Å². The lowest BCUT2D eigenvalue weighted by Gasteiger charge is -2.28. The molecule has 0 atom stereocenters. The summed E-state index contributed by atoms with van der Waals surface area (Å²) in [7, 11) is 3.85. The number of nitrogens with zero attached hydrogens (tertiary/aromatic N) is 3. The zero-order valence-corrected chi connectivity index (χ0v) is 19.5. The van der Waals surface area contributed by atoms with Crippen molar-refractivity contribution in [3.63, 3.8) is 0 Å². The second-order valence-corrected chi connectivity index (χ2v) is 9.04. The number of rotatable bonds is 6. The highest BCUT2D eigenvalue weighted by Crippen LogP contribution is 2.31. The van der Waals surface area contributed by atoms with Crippen molar-refractivity contribution in [1.29, 1.82) is 0 Å². The molecular formula is C25H27F4N5O. The number of fused-ring (bicyclic) bond motifs is 1. The van der Waals surface area contributed by atoms with Gasteiger partial charge in [-0.3, -0.25) is 4.79 Å². The first-order valence-corrected chi connectivity index (χ1v) is 11.4. The molecule has 1 fully saturated rings. The summed E-state index contributed by atoms with van der Waals surface area (Å²) >= 11 is 0. The van der Waals surface area contributed by atoms with E-state index in [0.29, 0.717) is 24.9 Å². The molecule has 2 aromatic carbocycles. The lowest BCUT2D eigenvalue weighted by atomic mass is 9.85. The SMILES string of the molecule is CN(C)c1nc(N[C@H]2CC[C@@H](C(=O)NCc3cc(F)cc(C(F)(F)F)c3)CC2)nc2ccccc12. The van der Waals surface area contributed by atoms with Crippen LogP contribution >= 0.6 is 0 Å². The molecule has 3 aromatic rings. The van der Waals surface area contributed by atoms with Gasteiger partial charge in [-0.1, -0.05) is 12.1 Å². The predicted octanol–water partition coefficient (Wildman–Crippen LogP) is 5.14. The Morgan fingerprint density at radius 1 is 1.06 bits per heavy atom. The molecule has 0 spiro atoms. The molecule has 1 aromatic heterocycles. The number of halogens is 4. The molecule has 186 valence electrons. The lowest BCUT2D eigenvalue weighted by Crippen LogP contribution is -2.36. The first-order valence-electron chi connectivity index (χ1n) is 11.4. The van der Waals surface area contributed by atoms with Gasteiger partial charge in [-0.05, 0) is 61.6 Å². The van der Waals surface area contributed by atoms with Crippen molar-refractivity contribution >= 4 is 28.6 Å². The molecule has 0 unspecified atom stereocenters. The smallest absolute Gasteiger partial charge is 0.362 e. The maximum Gasteiger partial charge on any atom is 0.416 e. The van der Waals surface area contributed by atoms with Gasteiger partial charge in [0.1, 0.15) is 11.6 Å². The average molecular weight is 490 g/mol. The van der Waals surface area contributed by atoms with Gasteiger partial charge >= 0.3 is 6.18 Å². The maximum absolute atomic E-state index is 13.6. The molecule has 6 nitrogen and oxygen atoms in total. The predicted molar refractivity (Wildman–Crippen MR) is 126 cm³/mol. The summed E-state index contributed by atoms with van der Waals surface area (Å²) in [5.41, 5.74) is -0.152. The van der Waals surface area contributed by atoms with Crippen LogP contribution in [-0.4, -0.2) is 36.0 Å². The zero-order chi connectivity index (χ0) is 25.2. The monoisotopic (exact) mass is 489 g/mol. The van der Waals surface area contributed by atoms with Crippen molar-refractivity contribution in [3.8, 4) is 0 Å². The van der Waals surface area contributed by atoms with Crippen LogP contribution < -0.4 is 15.5 Å². The van der Waals surface area contributed by atoms with Gasteiger partial charge in [-0.25, -0.2) is 9.37 Å². The Labute approximate surface area is 200 Å². The second-order valence-electron chi connectivity index (χ2n) is 9.04. The van der Waals surface area contributed by atoms with Crippen LogP contribution in [0.3, 0.4) is 0 Å². The van der Waals surface area contributed by atoms with Crippen LogP contribution in [0.4, 0.5) is 29.3 Å². The van der Waals surface area contributed by atoms with Crippen LogP contribution in [0.2, 0.25) is 0 Å². The molecule has 1 saturated carbocycles. The Morgan fingerprint density at radius 3 is 2.46 bits per heavy atom. The van der Waals surface area contributed by atoms with Crippen LogP contribution in [0, 0.1) is 11.7 Å². The van der Waals surface area contributed by atoms with Crippen molar-refractivity contribution in [2.24, 2.45) is 5.92 Å². The minimum absolute atomic E-state index is 0.0752. The number of nitrogens with one attached hydrogen (secondary N) is 2. The van der Waals surface area contributed by atoms with Gasteiger partial charge < -0.3 is 15.5 Å². The number of para-hydroxylation sites is 1. The molecule has 4 rings (SSSR count). The van der Waals surface area contributed by atoms with Crippen molar-refractivity contribution in [2.45, 2.75) is 44.4 Å². The first-order chi connectivity index (χ1) is 16.6. The Kier molecular flexibility index (Phi) is 7.09. The first kappa shape index (κ1) is 24.7.